The van der Waals surface area contributed by atoms with Crippen LogP contribution >= 0.6 is 0 Å². The van der Waals surface area contributed by atoms with Gasteiger partial charge in [0.2, 0.25) is 0 Å². The van der Waals surface area contributed by atoms with Crippen molar-refractivity contribution in [2.45, 2.75) is 0 Å². The Bertz CT molecular complexity index is 463. The van der Waals surface area contributed by atoms with E-state index < -0.39 is 0 Å². The Hall–Kier alpha value is -1.75. The third-order valence-corrected chi connectivity index (χ3v) is 1.95. The first-order chi connectivity index (χ1) is 6.83. The van der Waals surface area contributed by atoms with E-state index in [-0.39, 0.29) is 5.78 Å². The lowest BCUT2D eigenvalue weighted by Crippen LogP contribution is -2.19. The molecule has 5 nitrogen and oxygen atoms in total. The first-order valence-electron chi connectivity index (χ1n) is 4.30. The highest BCUT2D eigenvalue weighted by Crippen LogP contribution is 2.12. The number of nitrogens with one attached hydrogen (secondary N) is 2. The molecule has 2 heterocycles. The van der Waals surface area contributed by atoms with Crippen LogP contribution in [0.2, 0.25) is 0 Å². The molecule has 72 valence electrons. The Balaban J connectivity index is 2.47. The summed E-state index contributed by atoms with van der Waals surface area (Å²) in [4.78, 5) is 15.6. The quantitative estimate of drug-likeness (QED) is 0.685. The lowest BCUT2D eigenvalue weighted by molar-refractivity contribution is 0.0990. The summed E-state index contributed by atoms with van der Waals surface area (Å²) in [7, 11) is 1.73. The molecule has 0 fully saturated rings. The van der Waals surface area contributed by atoms with Crippen LogP contribution in [0.3, 0.4) is 0 Å². The number of carbonyl (C=O) groups excluding carboxylic acids is 1. The number of hydrogen-bond acceptors (Lipinski definition) is 4. The van der Waals surface area contributed by atoms with E-state index in [2.05, 4.69) is 20.5 Å². The summed E-state index contributed by atoms with van der Waals surface area (Å²) in [5, 5.41) is 10.2. The zero-order valence-corrected chi connectivity index (χ0v) is 7.74. The van der Waals surface area contributed by atoms with Gasteiger partial charge in [-0.05, 0) is 19.2 Å². The van der Waals surface area contributed by atoms with Gasteiger partial charge in [-0.15, -0.1) is 0 Å². The highest BCUT2D eigenvalue weighted by molar-refractivity contribution is 6.05. The van der Waals surface area contributed by atoms with E-state index in [0.29, 0.717) is 17.9 Å². The number of likely N-dealkylation sites (N-methyl/N-ethyl adjacent to an activating group) is 1. The smallest absolute Gasteiger partial charge is 0.194 e. The van der Waals surface area contributed by atoms with Crippen LogP contribution in [0.25, 0.3) is 11.0 Å². The molecule has 0 radical (unpaired) electrons. The van der Waals surface area contributed by atoms with Crippen LogP contribution in [-0.4, -0.2) is 34.6 Å². The minimum absolute atomic E-state index is 0.0111. The number of Topliss-reactive ketones (excluding diaryl/α,β-unsaturated/α-hetero) is 1. The van der Waals surface area contributed by atoms with Gasteiger partial charge >= 0.3 is 0 Å². The molecular formula is C9H10N4O. The van der Waals surface area contributed by atoms with Crippen molar-refractivity contribution in [2.24, 2.45) is 0 Å². The monoisotopic (exact) mass is 190 g/mol. The number of aromatic nitrogens is 3. The Labute approximate surface area is 80.5 Å². The van der Waals surface area contributed by atoms with E-state index in [1.165, 1.54) is 0 Å². The Kier molecular flexibility index (Phi) is 2.24. The second-order valence-electron chi connectivity index (χ2n) is 2.93. The predicted molar refractivity (Wildman–Crippen MR) is 52.1 cm³/mol. The molecule has 0 unspecified atom stereocenters. The Morgan fingerprint density at radius 2 is 2.50 bits per heavy atom. The van der Waals surface area contributed by atoms with Gasteiger partial charge in [0.05, 0.1) is 6.54 Å². The number of carbonyl (C=O) groups is 1. The molecule has 2 aromatic rings. The van der Waals surface area contributed by atoms with Crippen molar-refractivity contribution in [1.29, 1.82) is 0 Å². The van der Waals surface area contributed by atoms with Gasteiger partial charge < -0.3 is 5.32 Å². The summed E-state index contributed by atoms with van der Waals surface area (Å²) < 4.78 is 0. The summed E-state index contributed by atoms with van der Waals surface area (Å²) >= 11 is 0. The van der Waals surface area contributed by atoms with Gasteiger partial charge in [0.25, 0.3) is 0 Å². The van der Waals surface area contributed by atoms with Gasteiger partial charge in [0, 0.05) is 11.6 Å². The molecule has 0 spiro atoms. The van der Waals surface area contributed by atoms with Crippen molar-refractivity contribution < 1.29 is 4.79 Å². The van der Waals surface area contributed by atoms with Gasteiger partial charge in [-0.1, -0.05) is 0 Å². The second-order valence-corrected chi connectivity index (χ2v) is 2.93. The number of rotatable bonds is 3. The van der Waals surface area contributed by atoms with Gasteiger partial charge in [0.1, 0.15) is 5.69 Å². The van der Waals surface area contributed by atoms with Gasteiger partial charge in [-0.3, -0.25) is 9.89 Å². The number of aromatic amines is 1. The normalized spacial score (nSPS) is 10.6. The topological polar surface area (TPSA) is 70.7 Å². The maximum absolute atomic E-state index is 11.6. The summed E-state index contributed by atoms with van der Waals surface area (Å²) in [6.07, 6.45) is 1.65. The van der Waals surface area contributed by atoms with E-state index in [4.69, 9.17) is 0 Å². The third-order valence-electron chi connectivity index (χ3n) is 1.95. The number of H-pyrrole nitrogens is 1. The summed E-state index contributed by atoms with van der Waals surface area (Å²) in [6, 6.07) is 3.61. The van der Waals surface area contributed by atoms with Crippen LogP contribution < -0.4 is 5.32 Å². The molecule has 2 aromatic heterocycles. The molecule has 0 aliphatic heterocycles. The molecule has 5 heteroatoms. The van der Waals surface area contributed by atoms with E-state index in [1.807, 2.05) is 6.07 Å². The fraction of sp³-hybridized carbons (Fsp3) is 0.222. The first-order valence-corrected chi connectivity index (χ1v) is 4.30. The van der Waals surface area contributed by atoms with E-state index in [1.54, 1.807) is 19.3 Å². The lowest BCUT2D eigenvalue weighted by Gasteiger charge is -1.95. The van der Waals surface area contributed by atoms with Crippen molar-refractivity contribution in [3.8, 4) is 0 Å². The van der Waals surface area contributed by atoms with E-state index >= 15 is 0 Å². The molecule has 14 heavy (non-hydrogen) atoms. The highest BCUT2D eigenvalue weighted by atomic mass is 16.1. The molecule has 0 aromatic carbocycles. The van der Waals surface area contributed by atoms with E-state index in [9.17, 15) is 4.79 Å². The van der Waals surface area contributed by atoms with Crippen molar-refractivity contribution in [2.75, 3.05) is 13.6 Å². The maximum Gasteiger partial charge on any atom is 0.194 e. The molecule has 0 saturated carbocycles. The van der Waals surface area contributed by atoms with Gasteiger partial charge in [0.15, 0.2) is 11.4 Å². The Morgan fingerprint density at radius 1 is 1.64 bits per heavy atom. The summed E-state index contributed by atoms with van der Waals surface area (Å²) in [6.45, 7) is 0.298. The maximum atomic E-state index is 11.6. The SMILES string of the molecule is CNCC(=O)c1[nH]nc2ncccc12. The van der Waals surface area contributed by atoms with Crippen LogP contribution in [0.15, 0.2) is 18.3 Å². The minimum Gasteiger partial charge on any atom is -0.313 e. The largest absolute Gasteiger partial charge is 0.313 e. The molecule has 0 atom stereocenters. The summed E-state index contributed by atoms with van der Waals surface area (Å²) in [5.41, 5.74) is 1.09. The van der Waals surface area contributed by atoms with Crippen LogP contribution in [-0.2, 0) is 0 Å². The molecule has 2 rings (SSSR count). The zero-order chi connectivity index (χ0) is 9.97. The van der Waals surface area contributed by atoms with Crippen molar-refractivity contribution in [3.63, 3.8) is 0 Å². The van der Waals surface area contributed by atoms with Crippen molar-refractivity contribution >= 4 is 16.8 Å². The zero-order valence-electron chi connectivity index (χ0n) is 7.74. The predicted octanol–water partition coefficient (Wildman–Crippen LogP) is 0.360. The number of nitrogens with zero attached hydrogens (tertiary/aromatic N) is 2. The molecule has 0 aliphatic carbocycles. The first kappa shape index (κ1) is 8.83. The lowest BCUT2D eigenvalue weighted by atomic mass is 10.2. The van der Waals surface area contributed by atoms with Crippen LogP contribution in [0.5, 0.6) is 0 Å². The number of fused-ring (bicyclic) bond motifs is 1. The molecular weight excluding hydrogens is 180 g/mol. The summed E-state index contributed by atoms with van der Waals surface area (Å²) in [5.74, 6) is -0.0111. The average Bonchev–Trinajstić information content (AvgIpc) is 2.61. The van der Waals surface area contributed by atoms with Gasteiger partial charge in [-0.25, -0.2) is 4.98 Å². The van der Waals surface area contributed by atoms with E-state index in [0.717, 1.165) is 5.39 Å². The van der Waals surface area contributed by atoms with Gasteiger partial charge in [-0.2, -0.15) is 5.10 Å². The minimum atomic E-state index is -0.0111. The highest BCUT2D eigenvalue weighted by Gasteiger charge is 2.12. The standard InChI is InChI=1S/C9H10N4O/c1-10-5-7(14)8-6-3-2-4-11-9(6)13-12-8/h2-4,10H,5H2,1H3,(H,11,12,13). The van der Waals surface area contributed by atoms with Crippen LogP contribution in [0.4, 0.5) is 0 Å². The fourth-order valence-electron chi connectivity index (χ4n) is 1.31. The molecule has 0 aliphatic rings. The molecule has 0 bridgehead atoms. The molecule has 0 amide bonds. The molecule has 2 N–H and O–H groups in total. The fourth-order valence-corrected chi connectivity index (χ4v) is 1.31. The molecule has 0 saturated heterocycles. The van der Waals surface area contributed by atoms with Crippen LogP contribution in [0, 0.1) is 0 Å². The third kappa shape index (κ3) is 1.38. The van der Waals surface area contributed by atoms with Crippen molar-refractivity contribution in [1.82, 2.24) is 20.5 Å². The number of ketones is 1. The average molecular weight is 190 g/mol. The Morgan fingerprint density at radius 3 is 3.29 bits per heavy atom. The van der Waals surface area contributed by atoms with Crippen molar-refractivity contribution in [3.05, 3.63) is 24.0 Å². The van der Waals surface area contributed by atoms with Crippen LogP contribution in [0.1, 0.15) is 10.5 Å². The number of hydrogen-bond donors (Lipinski definition) is 2. The second kappa shape index (κ2) is 3.55. The number of pyridine rings is 1.